The lowest BCUT2D eigenvalue weighted by atomic mass is 10.3. The van der Waals surface area contributed by atoms with Crippen molar-refractivity contribution in [3.05, 3.63) is 54.6 Å². The van der Waals surface area contributed by atoms with Crippen LogP contribution in [0.5, 0.6) is 0 Å². The number of halogens is 1. The SMILES string of the molecule is C[C@H](Sc1nnc(-c2cccnc2)o1)C(=O)Nc1ccc(F)cc1. The van der Waals surface area contributed by atoms with Crippen LogP contribution in [0.3, 0.4) is 0 Å². The number of aromatic nitrogens is 3. The monoisotopic (exact) mass is 344 g/mol. The third-order valence-corrected chi connectivity index (χ3v) is 4.01. The van der Waals surface area contributed by atoms with Crippen LogP contribution in [0.25, 0.3) is 11.5 Å². The van der Waals surface area contributed by atoms with Crippen LogP contribution in [0.15, 0.2) is 58.4 Å². The van der Waals surface area contributed by atoms with E-state index in [1.807, 2.05) is 0 Å². The number of carbonyl (C=O) groups is 1. The number of benzene rings is 1. The number of hydrogen-bond donors (Lipinski definition) is 1. The standard InChI is InChI=1S/C16H13FN4O2S/c1-10(14(22)19-13-6-4-12(17)5-7-13)24-16-21-20-15(23-16)11-3-2-8-18-9-11/h2-10H,1H3,(H,19,22)/t10-/m0/s1. The summed E-state index contributed by atoms with van der Waals surface area (Å²) >= 11 is 1.14. The van der Waals surface area contributed by atoms with Crippen LogP contribution < -0.4 is 5.32 Å². The van der Waals surface area contributed by atoms with E-state index < -0.39 is 5.25 Å². The molecule has 24 heavy (non-hydrogen) atoms. The van der Waals surface area contributed by atoms with E-state index in [9.17, 15) is 9.18 Å². The summed E-state index contributed by atoms with van der Waals surface area (Å²) in [5.74, 6) is -0.256. The van der Waals surface area contributed by atoms with Gasteiger partial charge in [0.1, 0.15) is 5.82 Å². The van der Waals surface area contributed by atoms with E-state index in [2.05, 4.69) is 20.5 Å². The molecule has 0 saturated carbocycles. The van der Waals surface area contributed by atoms with Gasteiger partial charge in [-0.05, 0) is 43.3 Å². The average molecular weight is 344 g/mol. The number of nitrogens with one attached hydrogen (secondary N) is 1. The summed E-state index contributed by atoms with van der Waals surface area (Å²) in [5, 5.41) is 10.4. The van der Waals surface area contributed by atoms with Gasteiger partial charge >= 0.3 is 0 Å². The topological polar surface area (TPSA) is 80.9 Å². The molecule has 0 saturated heterocycles. The van der Waals surface area contributed by atoms with Gasteiger partial charge in [0.15, 0.2) is 0 Å². The molecule has 1 atom stereocenters. The van der Waals surface area contributed by atoms with E-state index in [-0.39, 0.29) is 16.9 Å². The molecule has 0 unspecified atom stereocenters. The lowest BCUT2D eigenvalue weighted by Gasteiger charge is -2.09. The number of hydrogen-bond acceptors (Lipinski definition) is 6. The van der Waals surface area contributed by atoms with Crippen LogP contribution in [-0.2, 0) is 4.79 Å². The first-order valence-corrected chi connectivity index (χ1v) is 7.97. The van der Waals surface area contributed by atoms with Crippen molar-refractivity contribution in [3.8, 4) is 11.5 Å². The molecule has 1 amide bonds. The van der Waals surface area contributed by atoms with E-state index in [0.29, 0.717) is 17.1 Å². The third-order valence-electron chi connectivity index (χ3n) is 3.07. The predicted octanol–water partition coefficient (Wildman–Crippen LogP) is 3.39. The highest BCUT2D eigenvalue weighted by Crippen LogP contribution is 2.26. The zero-order chi connectivity index (χ0) is 16.9. The smallest absolute Gasteiger partial charge is 0.277 e. The molecule has 0 spiro atoms. The lowest BCUT2D eigenvalue weighted by Crippen LogP contribution is -2.22. The first kappa shape index (κ1) is 16.1. The Bertz CT molecular complexity index is 824. The van der Waals surface area contributed by atoms with E-state index in [1.165, 1.54) is 24.3 Å². The van der Waals surface area contributed by atoms with E-state index in [1.54, 1.807) is 31.5 Å². The minimum Gasteiger partial charge on any atom is -0.411 e. The maximum absolute atomic E-state index is 12.9. The maximum Gasteiger partial charge on any atom is 0.277 e. The van der Waals surface area contributed by atoms with Gasteiger partial charge in [-0.2, -0.15) is 0 Å². The Morgan fingerprint density at radius 2 is 2.04 bits per heavy atom. The number of thioether (sulfide) groups is 1. The van der Waals surface area contributed by atoms with Gasteiger partial charge in [0.05, 0.1) is 10.8 Å². The molecule has 0 bridgehead atoms. The maximum atomic E-state index is 12.9. The molecule has 6 nitrogen and oxygen atoms in total. The molecule has 122 valence electrons. The number of rotatable bonds is 5. The quantitative estimate of drug-likeness (QED) is 0.715. The van der Waals surface area contributed by atoms with Crippen molar-refractivity contribution in [2.45, 2.75) is 17.4 Å². The summed E-state index contributed by atoms with van der Waals surface area (Å²) in [6.07, 6.45) is 3.27. The van der Waals surface area contributed by atoms with Crippen LogP contribution in [0, 0.1) is 5.82 Å². The van der Waals surface area contributed by atoms with Gasteiger partial charge < -0.3 is 9.73 Å². The van der Waals surface area contributed by atoms with Crippen molar-refractivity contribution in [3.63, 3.8) is 0 Å². The molecule has 0 radical (unpaired) electrons. The van der Waals surface area contributed by atoms with Crippen LogP contribution in [0.4, 0.5) is 10.1 Å². The molecule has 3 aromatic rings. The summed E-state index contributed by atoms with van der Waals surface area (Å²) in [4.78, 5) is 16.1. The fourth-order valence-corrected chi connectivity index (χ4v) is 2.53. The Kier molecular flexibility index (Phi) is 4.85. The normalized spacial score (nSPS) is 11.9. The number of nitrogens with zero attached hydrogens (tertiary/aromatic N) is 3. The Labute approximate surface area is 141 Å². The van der Waals surface area contributed by atoms with E-state index >= 15 is 0 Å². The molecule has 3 rings (SSSR count). The highest BCUT2D eigenvalue weighted by Gasteiger charge is 2.19. The van der Waals surface area contributed by atoms with Gasteiger partial charge in [-0.25, -0.2) is 4.39 Å². The van der Waals surface area contributed by atoms with Gasteiger partial charge in [0, 0.05) is 18.1 Å². The van der Waals surface area contributed by atoms with Crippen molar-refractivity contribution in [1.82, 2.24) is 15.2 Å². The molecular weight excluding hydrogens is 331 g/mol. The van der Waals surface area contributed by atoms with Gasteiger partial charge in [-0.15, -0.1) is 10.2 Å². The van der Waals surface area contributed by atoms with Gasteiger partial charge in [0.25, 0.3) is 5.22 Å². The average Bonchev–Trinajstić information content (AvgIpc) is 3.06. The molecule has 0 aliphatic carbocycles. The molecule has 0 aliphatic heterocycles. The van der Waals surface area contributed by atoms with Crippen molar-refractivity contribution in [1.29, 1.82) is 0 Å². The number of anilines is 1. The highest BCUT2D eigenvalue weighted by atomic mass is 32.2. The Hall–Kier alpha value is -2.74. The zero-order valence-electron chi connectivity index (χ0n) is 12.6. The summed E-state index contributed by atoms with van der Waals surface area (Å²) in [7, 11) is 0. The van der Waals surface area contributed by atoms with Crippen LogP contribution in [0.1, 0.15) is 6.92 Å². The van der Waals surface area contributed by atoms with Gasteiger partial charge in [-0.1, -0.05) is 11.8 Å². The first-order valence-electron chi connectivity index (χ1n) is 7.09. The molecule has 8 heteroatoms. The van der Waals surface area contributed by atoms with Crippen LogP contribution in [0.2, 0.25) is 0 Å². The van der Waals surface area contributed by atoms with Crippen molar-refractivity contribution < 1.29 is 13.6 Å². The summed E-state index contributed by atoms with van der Waals surface area (Å²) in [6, 6.07) is 9.14. The molecule has 0 aliphatic rings. The third kappa shape index (κ3) is 3.96. The van der Waals surface area contributed by atoms with Gasteiger partial charge in [0.2, 0.25) is 11.8 Å². The second-order valence-electron chi connectivity index (χ2n) is 4.87. The zero-order valence-corrected chi connectivity index (χ0v) is 13.5. The Morgan fingerprint density at radius 3 is 2.75 bits per heavy atom. The van der Waals surface area contributed by atoms with E-state index in [4.69, 9.17) is 4.42 Å². The number of amides is 1. The lowest BCUT2D eigenvalue weighted by molar-refractivity contribution is -0.115. The minimum atomic E-state index is -0.461. The summed E-state index contributed by atoms with van der Waals surface area (Å²) < 4.78 is 18.4. The molecule has 2 aromatic heterocycles. The van der Waals surface area contributed by atoms with Crippen molar-refractivity contribution in [2.75, 3.05) is 5.32 Å². The second kappa shape index (κ2) is 7.22. The number of pyridine rings is 1. The molecule has 0 fully saturated rings. The number of carbonyl (C=O) groups excluding carboxylic acids is 1. The Morgan fingerprint density at radius 1 is 1.25 bits per heavy atom. The fourth-order valence-electron chi connectivity index (χ4n) is 1.85. The van der Waals surface area contributed by atoms with Crippen molar-refractivity contribution >= 4 is 23.4 Å². The highest BCUT2D eigenvalue weighted by molar-refractivity contribution is 8.00. The molecule has 1 aromatic carbocycles. The predicted molar refractivity (Wildman–Crippen MR) is 87.9 cm³/mol. The second-order valence-corrected chi connectivity index (χ2v) is 6.16. The van der Waals surface area contributed by atoms with Gasteiger partial charge in [-0.3, -0.25) is 9.78 Å². The van der Waals surface area contributed by atoms with Crippen LogP contribution >= 0.6 is 11.8 Å². The minimum absolute atomic E-state index is 0.243. The molecule has 2 heterocycles. The molecular formula is C16H13FN4O2S. The Balaban J connectivity index is 1.62. The van der Waals surface area contributed by atoms with E-state index in [0.717, 1.165) is 11.8 Å². The summed E-state index contributed by atoms with van der Waals surface area (Å²) in [6.45, 7) is 1.72. The molecule has 1 N–H and O–H groups in total. The summed E-state index contributed by atoms with van der Waals surface area (Å²) in [5.41, 5.74) is 1.23. The largest absolute Gasteiger partial charge is 0.411 e. The first-order chi connectivity index (χ1) is 11.6. The fraction of sp³-hybridized carbons (Fsp3) is 0.125. The van der Waals surface area contributed by atoms with Crippen molar-refractivity contribution in [2.24, 2.45) is 0 Å². The van der Waals surface area contributed by atoms with Crippen LogP contribution in [-0.4, -0.2) is 26.3 Å².